The molecule has 1 saturated heterocycles. The summed E-state index contributed by atoms with van der Waals surface area (Å²) >= 11 is 0. The molecule has 0 aromatic heterocycles. The van der Waals surface area contributed by atoms with E-state index in [0.717, 1.165) is 30.9 Å². The van der Waals surface area contributed by atoms with E-state index < -0.39 is 0 Å². The zero-order valence-corrected chi connectivity index (χ0v) is 9.02. The molecule has 0 bridgehead atoms. The van der Waals surface area contributed by atoms with E-state index in [2.05, 4.69) is 4.90 Å². The van der Waals surface area contributed by atoms with Crippen molar-refractivity contribution in [1.82, 2.24) is 0 Å². The summed E-state index contributed by atoms with van der Waals surface area (Å²) in [6.45, 7) is 4.36. The fraction of sp³-hybridized carbons (Fsp3) is 0.500. The molecule has 1 atom stereocenters. The fourth-order valence-corrected chi connectivity index (χ4v) is 1.90. The van der Waals surface area contributed by atoms with Crippen LogP contribution in [0.2, 0.25) is 0 Å². The van der Waals surface area contributed by atoms with Crippen LogP contribution in [0.4, 0.5) is 5.69 Å². The van der Waals surface area contributed by atoms with E-state index in [9.17, 15) is 5.11 Å². The molecule has 1 unspecified atom stereocenters. The Morgan fingerprint density at radius 3 is 2.67 bits per heavy atom. The minimum atomic E-state index is -0.170. The number of hydrogen-bond donors (Lipinski definition) is 1. The number of aliphatic hydroxyl groups excluding tert-OH is 1. The molecule has 0 amide bonds. The van der Waals surface area contributed by atoms with Gasteiger partial charge < -0.3 is 14.7 Å². The third-order valence-corrected chi connectivity index (χ3v) is 2.68. The maximum Gasteiger partial charge on any atom is 0.119 e. The van der Waals surface area contributed by atoms with Gasteiger partial charge >= 0.3 is 0 Å². The SMILES string of the molecule is CCOc1ccc(N2CCC(O)C2)cc1. The molecule has 0 aliphatic carbocycles. The predicted molar refractivity (Wildman–Crippen MR) is 60.4 cm³/mol. The van der Waals surface area contributed by atoms with E-state index in [4.69, 9.17) is 4.74 Å². The molecule has 1 heterocycles. The van der Waals surface area contributed by atoms with Crippen LogP contribution in [0.25, 0.3) is 0 Å². The van der Waals surface area contributed by atoms with Gasteiger partial charge in [-0.15, -0.1) is 0 Å². The molecule has 1 fully saturated rings. The molecule has 82 valence electrons. The molecule has 0 radical (unpaired) electrons. The van der Waals surface area contributed by atoms with Crippen LogP contribution in [0, 0.1) is 0 Å². The number of nitrogens with zero attached hydrogens (tertiary/aromatic N) is 1. The van der Waals surface area contributed by atoms with Crippen molar-refractivity contribution in [2.75, 3.05) is 24.6 Å². The summed E-state index contributed by atoms with van der Waals surface area (Å²) in [5, 5.41) is 9.43. The fourth-order valence-electron chi connectivity index (χ4n) is 1.90. The second-order valence-corrected chi connectivity index (χ2v) is 3.82. The van der Waals surface area contributed by atoms with Crippen LogP contribution in [0.15, 0.2) is 24.3 Å². The van der Waals surface area contributed by atoms with E-state index in [1.807, 2.05) is 31.2 Å². The minimum absolute atomic E-state index is 0.170. The molecule has 15 heavy (non-hydrogen) atoms. The number of benzene rings is 1. The molecular formula is C12H17NO2. The number of hydrogen-bond acceptors (Lipinski definition) is 3. The number of ether oxygens (including phenoxy) is 1. The monoisotopic (exact) mass is 207 g/mol. The maximum atomic E-state index is 9.43. The normalized spacial score (nSPS) is 20.7. The smallest absolute Gasteiger partial charge is 0.119 e. The van der Waals surface area contributed by atoms with Gasteiger partial charge in [0, 0.05) is 18.8 Å². The first kappa shape index (κ1) is 10.3. The van der Waals surface area contributed by atoms with Gasteiger partial charge in [-0.3, -0.25) is 0 Å². The third-order valence-electron chi connectivity index (χ3n) is 2.68. The van der Waals surface area contributed by atoms with Gasteiger partial charge in [0.1, 0.15) is 5.75 Å². The Labute approximate surface area is 90.3 Å². The number of anilines is 1. The van der Waals surface area contributed by atoms with Gasteiger partial charge in [-0.2, -0.15) is 0 Å². The minimum Gasteiger partial charge on any atom is -0.494 e. The van der Waals surface area contributed by atoms with Crippen LogP contribution in [-0.4, -0.2) is 30.9 Å². The van der Waals surface area contributed by atoms with Gasteiger partial charge in [0.2, 0.25) is 0 Å². The highest BCUT2D eigenvalue weighted by molar-refractivity contribution is 5.49. The summed E-state index contributed by atoms with van der Waals surface area (Å²) in [5.41, 5.74) is 1.16. The second-order valence-electron chi connectivity index (χ2n) is 3.82. The second kappa shape index (κ2) is 4.53. The van der Waals surface area contributed by atoms with Crippen LogP contribution in [0.3, 0.4) is 0 Å². The molecule has 3 nitrogen and oxygen atoms in total. The Kier molecular flexibility index (Phi) is 3.11. The van der Waals surface area contributed by atoms with Crippen molar-refractivity contribution >= 4 is 5.69 Å². The van der Waals surface area contributed by atoms with E-state index in [0.29, 0.717) is 6.61 Å². The van der Waals surface area contributed by atoms with E-state index in [1.54, 1.807) is 0 Å². The maximum absolute atomic E-state index is 9.43. The Bertz CT molecular complexity index is 310. The van der Waals surface area contributed by atoms with Crippen molar-refractivity contribution in [3.05, 3.63) is 24.3 Å². The summed E-state index contributed by atoms with van der Waals surface area (Å²) in [7, 11) is 0. The van der Waals surface area contributed by atoms with Gasteiger partial charge in [-0.05, 0) is 37.6 Å². The lowest BCUT2D eigenvalue weighted by molar-refractivity contribution is 0.198. The highest BCUT2D eigenvalue weighted by Gasteiger charge is 2.19. The van der Waals surface area contributed by atoms with E-state index in [-0.39, 0.29) is 6.10 Å². The average molecular weight is 207 g/mol. The first-order valence-corrected chi connectivity index (χ1v) is 5.45. The van der Waals surface area contributed by atoms with Crippen molar-refractivity contribution in [2.24, 2.45) is 0 Å². The van der Waals surface area contributed by atoms with Crippen molar-refractivity contribution in [2.45, 2.75) is 19.4 Å². The molecule has 0 saturated carbocycles. The van der Waals surface area contributed by atoms with Crippen LogP contribution >= 0.6 is 0 Å². The lowest BCUT2D eigenvalue weighted by Gasteiger charge is -2.17. The molecular weight excluding hydrogens is 190 g/mol. The summed E-state index contributed by atoms with van der Waals surface area (Å²) < 4.78 is 5.38. The zero-order chi connectivity index (χ0) is 10.7. The van der Waals surface area contributed by atoms with Crippen molar-refractivity contribution in [1.29, 1.82) is 0 Å². The van der Waals surface area contributed by atoms with Crippen molar-refractivity contribution in [3.8, 4) is 5.75 Å². The van der Waals surface area contributed by atoms with Gasteiger partial charge in [-0.25, -0.2) is 0 Å². The largest absolute Gasteiger partial charge is 0.494 e. The molecule has 0 spiro atoms. The summed E-state index contributed by atoms with van der Waals surface area (Å²) in [6.07, 6.45) is 0.698. The Hall–Kier alpha value is -1.22. The molecule has 1 aliphatic rings. The van der Waals surface area contributed by atoms with Gasteiger partial charge in [0.25, 0.3) is 0 Å². The first-order chi connectivity index (χ1) is 7.29. The van der Waals surface area contributed by atoms with E-state index >= 15 is 0 Å². The predicted octanol–water partition coefficient (Wildman–Crippen LogP) is 1.66. The Morgan fingerprint density at radius 2 is 2.13 bits per heavy atom. The Balaban J connectivity index is 2.03. The molecule has 1 aromatic carbocycles. The highest BCUT2D eigenvalue weighted by atomic mass is 16.5. The van der Waals surface area contributed by atoms with Crippen LogP contribution < -0.4 is 9.64 Å². The van der Waals surface area contributed by atoms with Crippen LogP contribution in [-0.2, 0) is 0 Å². The summed E-state index contributed by atoms with van der Waals surface area (Å²) in [6, 6.07) is 8.04. The van der Waals surface area contributed by atoms with Crippen LogP contribution in [0.5, 0.6) is 5.75 Å². The zero-order valence-electron chi connectivity index (χ0n) is 9.02. The Morgan fingerprint density at radius 1 is 1.40 bits per heavy atom. The molecule has 1 aromatic rings. The highest BCUT2D eigenvalue weighted by Crippen LogP contribution is 2.23. The standard InChI is InChI=1S/C12H17NO2/c1-2-15-12-5-3-10(4-6-12)13-8-7-11(14)9-13/h3-6,11,14H,2,7-9H2,1H3. The topological polar surface area (TPSA) is 32.7 Å². The molecule has 1 aliphatic heterocycles. The quantitative estimate of drug-likeness (QED) is 0.818. The van der Waals surface area contributed by atoms with Crippen molar-refractivity contribution in [3.63, 3.8) is 0 Å². The number of rotatable bonds is 3. The van der Waals surface area contributed by atoms with E-state index in [1.165, 1.54) is 0 Å². The van der Waals surface area contributed by atoms with Gasteiger partial charge in [0.05, 0.1) is 12.7 Å². The van der Waals surface area contributed by atoms with Gasteiger partial charge in [-0.1, -0.05) is 0 Å². The number of β-amino-alcohol motifs (C(OH)–C–C–N with tert-alkyl or cyclic N) is 1. The number of aliphatic hydroxyl groups is 1. The lowest BCUT2D eigenvalue weighted by atomic mass is 10.3. The third kappa shape index (κ3) is 2.42. The average Bonchev–Trinajstić information content (AvgIpc) is 2.67. The lowest BCUT2D eigenvalue weighted by Crippen LogP contribution is -2.20. The van der Waals surface area contributed by atoms with Crippen LogP contribution in [0.1, 0.15) is 13.3 Å². The summed E-state index contributed by atoms with van der Waals surface area (Å²) in [5.74, 6) is 0.904. The molecule has 2 rings (SSSR count). The van der Waals surface area contributed by atoms with Gasteiger partial charge in [0.15, 0.2) is 0 Å². The first-order valence-electron chi connectivity index (χ1n) is 5.45. The summed E-state index contributed by atoms with van der Waals surface area (Å²) in [4.78, 5) is 2.19. The molecule has 3 heteroatoms. The molecule has 1 N–H and O–H groups in total. The van der Waals surface area contributed by atoms with Crippen molar-refractivity contribution < 1.29 is 9.84 Å².